The predicted octanol–water partition coefficient (Wildman–Crippen LogP) is 22.4. The van der Waals surface area contributed by atoms with E-state index in [4.69, 9.17) is 9.98 Å². The topological polar surface area (TPSA) is 24.7 Å². The molecule has 2 rings (SSSR count). The van der Waals surface area contributed by atoms with Crippen molar-refractivity contribution >= 4 is 22.8 Å². The Balaban J connectivity index is 0.0000231. The monoisotopic (exact) mass is 1020 g/mol. The van der Waals surface area contributed by atoms with Crippen molar-refractivity contribution < 1.29 is 20.4 Å². The number of allylic oxidation sites excluding steroid dienone is 2. The largest absolute Gasteiger partial charge is 0.246 e. The van der Waals surface area contributed by atoms with Crippen LogP contribution in [0.5, 0.6) is 0 Å². The Hall–Kier alpha value is -2.26. The minimum absolute atomic E-state index is 0. The summed E-state index contributed by atoms with van der Waals surface area (Å²) in [6, 6.07) is 13.1. The molecule has 2 aromatic rings. The van der Waals surface area contributed by atoms with Gasteiger partial charge in [0.05, 0.1) is 17.1 Å². The average Bonchev–Trinajstić information content (AvgIpc) is 3.29. The van der Waals surface area contributed by atoms with Crippen molar-refractivity contribution in [3.05, 3.63) is 70.8 Å². The molecule has 2 nitrogen and oxygen atoms in total. The van der Waals surface area contributed by atoms with Gasteiger partial charge in [0.25, 0.3) is 0 Å². The Morgan fingerprint density at radius 1 is 0.368 bits per heavy atom. The molecule has 0 spiro atoms. The first kappa shape index (κ1) is 63.8. The molecule has 0 unspecified atom stereocenters. The molecule has 0 radical (unpaired) electrons. The molecule has 68 heavy (non-hydrogen) atoms. The first-order valence-corrected chi connectivity index (χ1v) is 29.4. The average molecular weight is 1020 g/mol. The van der Waals surface area contributed by atoms with E-state index in [1.807, 2.05) is 0 Å². The molecule has 0 saturated heterocycles. The molecule has 0 aliphatic rings. The minimum atomic E-state index is 0. The van der Waals surface area contributed by atoms with Crippen LogP contribution in [0.4, 0.5) is 11.4 Å². The molecule has 0 amide bonds. The summed E-state index contributed by atoms with van der Waals surface area (Å²) >= 11 is 0. The number of benzene rings is 2. The van der Waals surface area contributed by atoms with E-state index in [9.17, 15) is 0 Å². The Bertz CT molecular complexity index is 1580. The summed E-state index contributed by atoms with van der Waals surface area (Å²) in [6.45, 7) is 13.2. The standard InChI is InChI=1S/C65H108N2.Pd/c1-7-9-11-13-15-17-19-21-23-25-26-27-28-29-30-31-32-33-34-35-37-39-41-43-45-47-49-51-65(67-63-56-60(5)53-61(6)57-63)64(66-62-54-58(3)52-59(4)55-62)50-48-46-44-42-40-38-36-24-22-20-18-16-14-12-10-8-2;/h48,50,52-57H,7-47H2,1-6H3;/b50-48+,66-64?,67-65?;. The van der Waals surface area contributed by atoms with Gasteiger partial charge in [0, 0.05) is 26.8 Å². The van der Waals surface area contributed by atoms with Crippen molar-refractivity contribution in [1.29, 1.82) is 0 Å². The van der Waals surface area contributed by atoms with Crippen LogP contribution < -0.4 is 0 Å². The second-order valence-electron chi connectivity index (χ2n) is 21.0. The molecular formula is C65H108N2Pd. The summed E-state index contributed by atoms with van der Waals surface area (Å²) in [4.78, 5) is 10.4. The van der Waals surface area contributed by atoms with Crippen LogP contribution in [0.25, 0.3) is 0 Å². The third-order valence-corrected chi connectivity index (χ3v) is 13.8. The molecule has 0 aromatic heterocycles. The molecule has 0 aliphatic heterocycles. The van der Waals surface area contributed by atoms with E-state index in [-0.39, 0.29) is 20.4 Å². The van der Waals surface area contributed by atoms with E-state index < -0.39 is 0 Å². The Kier molecular flexibility index (Phi) is 44.2. The van der Waals surface area contributed by atoms with Crippen molar-refractivity contribution in [1.82, 2.24) is 0 Å². The quantitative estimate of drug-likeness (QED) is 0.0274. The molecule has 0 N–H and O–H groups in total. The first-order chi connectivity index (χ1) is 32.9. The molecule has 0 fully saturated rings. The van der Waals surface area contributed by atoms with E-state index in [1.165, 1.54) is 266 Å². The summed E-state index contributed by atoms with van der Waals surface area (Å²) in [5, 5.41) is 0. The number of aliphatic imine (C=N–C) groups is 2. The van der Waals surface area contributed by atoms with Crippen LogP contribution in [0.15, 0.2) is 58.5 Å². The molecule has 388 valence electrons. The third kappa shape index (κ3) is 38.5. The van der Waals surface area contributed by atoms with E-state index >= 15 is 0 Å². The van der Waals surface area contributed by atoms with E-state index in [1.54, 1.807) is 0 Å². The van der Waals surface area contributed by atoms with Crippen molar-refractivity contribution in [2.24, 2.45) is 9.98 Å². The maximum atomic E-state index is 5.24. The predicted molar refractivity (Wildman–Crippen MR) is 304 cm³/mol. The van der Waals surface area contributed by atoms with Crippen molar-refractivity contribution in [2.75, 3.05) is 0 Å². The first-order valence-electron chi connectivity index (χ1n) is 29.4. The smallest absolute Gasteiger partial charge is 0.139 e. The van der Waals surface area contributed by atoms with Gasteiger partial charge in [0.2, 0.25) is 0 Å². The molecular weight excluding hydrogens is 915 g/mol. The van der Waals surface area contributed by atoms with Gasteiger partial charge in [-0.15, -0.1) is 0 Å². The van der Waals surface area contributed by atoms with Crippen LogP contribution in [-0.2, 0) is 20.4 Å². The fourth-order valence-electron chi connectivity index (χ4n) is 9.77. The molecule has 0 atom stereocenters. The summed E-state index contributed by atoms with van der Waals surface area (Å²) in [5.41, 5.74) is 8.50. The Morgan fingerprint density at radius 3 is 0.971 bits per heavy atom. The molecule has 0 aliphatic carbocycles. The zero-order valence-electron chi connectivity index (χ0n) is 45.8. The van der Waals surface area contributed by atoms with Gasteiger partial charge in [-0.25, -0.2) is 9.98 Å². The SMILES string of the molecule is CCCCCCCCCCCCCCCC/C=C/C(=Nc1cc(C)cc(C)c1)C(C#CCCCCCCCCCCCCCCCCCCCCCCCCCCC)=Nc1cc(C)cc(C)c1.[Pd]. The van der Waals surface area contributed by atoms with Gasteiger partial charge in [-0.1, -0.05) is 276 Å². The molecule has 2 aromatic carbocycles. The molecule has 0 saturated carbocycles. The van der Waals surface area contributed by atoms with Gasteiger partial charge >= 0.3 is 0 Å². The molecule has 0 bridgehead atoms. The van der Waals surface area contributed by atoms with Crippen LogP contribution >= 0.6 is 0 Å². The second-order valence-corrected chi connectivity index (χ2v) is 21.0. The number of unbranched alkanes of at least 4 members (excludes halogenated alkanes) is 39. The van der Waals surface area contributed by atoms with Gasteiger partial charge in [-0.3, -0.25) is 0 Å². The summed E-state index contributed by atoms with van der Waals surface area (Å²) in [5.74, 6) is 7.10. The second kappa shape index (κ2) is 47.1. The zero-order valence-corrected chi connectivity index (χ0v) is 47.4. The van der Waals surface area contributed by atoms with Gasteiger partial charge in [0.1, 0.15) is 5.71 Å². The van der Waals surface area contributed by atoms with Crippen LogP contribution in [0, 0.1) is 39.5 Å². The molecule has 3 heteroatoms. The number of nitrogens with zero attached hydrogens (tertiary/aromatic N) is 2. The van der Waals surface area contributed by atoms with E-state index in [0.717, 1.165) is 42.1 Å². The summed E-state index contributed by atoms with van der Waals surface area (Å²) in [6.07, 6.45) is 61.4. The fourth-order valence-corrected chi connectivity index (χ4v) is 9.77. The number of aryl methyl sites for hydroxylation is 4. The zero-order chi connectivity index (χ0) is 48.1. The van der Waals surface area contributed by atoms with Crippen LogP contribution in [0.1, 0.15) is 299 Å². The van der Waals surface area contributed by atoms with Gasteiger partial charge in [-0.05, 0) is 105 Å². The summed E-state index contributed by atoms with van der Waals surface area (Å²) < 4.78 is 0. The normalized spacial score (nSPS) is 11.9. The maximum absolute atomic E-state index is 5.24. The van der Waals surface area contributed by atoms with Crippen molar-refractivity contribution in [2.45, 2.75) is 305 Å². The number of hydrogen-bond donors (Lipinski definition) is 0. The van der Waals surface area contributed by atoms with Crippen LogP contribution in [0.2, 0.25) is 0 Å². The molecule has 0 heterocycles. The number of rotatable bonds is 44. The van der Waals surface area contributed by atoms with Crippen molar-refractivity contribution in [3.63, 3.8) is 0 Å². The minimum Gasteiger partial charge on any atom is -0.246 e. The fraction of sp³-hybridized carbons (Fsp3) is 0.723. The van der Waals surface area contributed by atoms with Gasteiger partial charge < -0.3 is 0 Å². The van der Waals surface area contributed by atoms with Gasteiger partial charge in [-0.2, -0.15) is 0 Å². The maximum Gasteiger partial charge on any atom is 0.139 e. The third-order valence-electron chi connectivity index (χ3n) is 13.8. The van der Waals surface area contributed by atoms with E-state index in [0.29, 0.717) is 0 Å². The summed E-state index contributed by atoms with van der Waals surface area (Å²) in [7, 11) is 0. The van der Waals surface area contributed by atoms with Crippen molar-refractivity contribution in [3.8, 4) is 11.8 Å². The van der Waals surface area contributed by atoms with Crippen LogP contribution in [0.3, 0.4) is 0 Å². The Labute approximate surface area is 438 Å². The Morgan fingerprint density at radius 2 is 0.647 bits per heavy atom. The van der Waals surface area contributed by atoms with Crippen LogP contribution in [-0.4, -0.2) is 11.4 Å². The number of hydrogen-bond acceptors (Lipinski definition) is 2. The van der Waals surface area contributed by atoms with Gasteiger partial charge in [0.15, 0.2) is 0 Å². The van der Waals surface area contributed by atoms with E-state index in [2.05, 4.69) is 102 Å².